The van der Waals surface area contributed by atoms with Gasteiger partial charge in [0.25, 0.3) is 0 Å². The third-order valence-corrected chi connectivity index (χ3v) is 4.58. The normalized spacial score (nSPS) is 17.1. The Bertz CT molecular complexity index is 675. The summed E-state index contributed by atoms with van der Waals surface area (Å²) in [6.45, 7) is 1.28. The first kappa shape index (κ1) is 13.5. The molecule has 1 aromatic heterocycles. The fourth-order valence-electron chi connectivity index (χ4n) is 3.44. The summed E-state index contributed by atoms with van der Waals surface area (Å²) in [5, 5.41) is 0. The third-order valence-electron chi connectivity index (χ3n) is 4.58. The van der Waals surface area contributed by atoms with Crippen molar-refractivity contribution in [2.45, 2.75) is 32.2 Å². The van der Waals surface area contributed by atoms with Crippen molar-refractivity contribution in [3.8, 4) is 28.6 Å². The molecular formula is C17H20N2O3. The second-order valence-corrected chi connectivity index (χ2v) is 5.96. The molecule has 1 aliphatic heterocycles. The van der Waals surface area contributed by atoms with Crippen LogP contribution in [0.2, 0.25) is 0 Å². The van der Waals surface area contributed by atoms with Crippen LogP contribution in [0.1, 0.15) is 25.7 Å². The molecule has 5 heteroatoms. The Morgan fingerprint density at radius 3 is 2.77 bits per heavy atom. The van der Waals surface area contributed by atoms with Crippen molar-refractivity contribution < 1.29 is 14.2 Å². The molecule has 0 bridgehead atoms. The summed E-state index contributed by atoms with van der Waals surface area (Å²) < 4.78 is 18.7. The lowest BCUT2D eigenvalue weighted by molar-refractivity contribution is 0.174. The van der Waals surface area contributed by atoms with E-state index in [0.29, 0.717) is 0 Å². The number of nitrogens with zero attached hydrogens (tertiary/aromatic N) is 2. The maximum Gasteiger partial charge on any atom is 0.231 e. The molecule has 1 fully saturated rings. The number of aromatic nitrogens is 2. The smallest absolute Gasteiger partial charge is 0.231 e. The van der Waals surface area contributed by atoms with Crippen molar-refractivity contribution >= 4 is 0 Å². The van der Waals surface area contributed by atoms with E-state index in [2.05, 4.69) is 15.7 Å². The van der Waals surface area contributed by atoms with E-state index in [9.17, 15) is 0 Å². The van der Waals surface area contributed by atoms with Gasteiger partial charge in [0.05, 0.1) is 12.7 Å². The standard InChI is InChI=1S/C17H20N2O3/c1-20-14-9-16-15(21-11-22-16)8-13(14)17-18-6-7-19(17)10-12-4-2-3-5-12/h6-9,12H,2-5,10-11H2,1H3. The summed E-state index contributed by atoms with van der Waals surface area (Å²) in [5.74, 6) is 3.94. The van der Waals surface area contributed by atoms with Crippen molar-refractivity contribution in [3.05, 3.63) is 24.5 Å². The van der Waals surface area contributed by atoms with Gasteiger partial charge in [0.2, 0.25) is 6.79 Å². The zero-order chi connectivity index (χ0) is 14.9. The van der Waals surface area contributed by atoms with Crippen molar-refractivity contribution in [1.82, 2.24) is 9.55 Å². The van der Waals surface area contributed by atoms with Crippen molar-refractivity contribution in [3.63, 3.8) is 0 Å². The molecule has 0 spiro atoms. The molecule has 0 saturated heterocycles. The van der Waals surface area contributed by atoms with E-state index in [1.165, 1.54) is 25.7 Å². The third kappa shape index (κ3) is 2.30. The predicted octanol–water partition coefficient (Wildman–Crippen LogP) is 3.48. The van der Waals surface area contributed by atoms with Crippen molar-refractivity contribution in [2.75, 3.05) is 13.9 Å². The first-order chi connectivity index (χ1) is 10.8. The molecule has 2 aromatic rings. The highest BCUT2D eigenvalue weighted by atomic mass is 16.7. The van der Waals surface area contributed by atoms with E-state index in [1.807, 2.05) is 18.3 Å². The number of fused-ring (bicyclic) bond motifs is 1. The molecule has 4 rings (SSSR count). The van der Waals surface area contributed by atoms with E-state index in [0.717, 1.165) is 41.1 Å². The van der Waals surface area contributed by atoms with Crippen LogP contribution in [0.5, 0.6) is 17.2 Å². The topological polar surface area (TPSA) is 45.5 Å². The lowest BCUT2D eigenvalue weighted by atomic mass is 10.1. The molecule has 0 unspecified atom stereocenters. The van der Waals surface area contributed by atoms with Crippen LogP contribution in [0.15, 0.2) is 24.5 Å². The van der Waals surface area contributed by atoms with Crippen LogP contribution in [0.25, 0.3) is 11.4 Å². The summed E-state index contributed by atoms with van der Waals surface area (Å²) in [6.07, 6.45) is 9.24. The first-order valence-electron chi connectivity index (χ1n) is 7.84. The Balaban J connectivity index is 1.71. The van der Waals surface area contributed by atoms with Gasteiger partial charge in [-0.2, -0.15) is 0 Å². The van der Waals surface area contributed by atoms with Gasteiger partial charge in [0.1, 0.15) is 11.6 Å². The number of hydrogen-bond acceptors (Lipinski definition) is 4. The van der Waals surface area contributed by atoms with E-state index in [4.69, 9.17) is 14.2 Å². The molecule has 0 amide bonds. The maximum atomic E-state index is 5.53. The Morgan fingerprint density at radius 2 is 2.00 bits per heavy atom. The first-order valence-corrected chi connectivity index (χ1v) is 7.84. The highest BCUT2D eigenvalue weighted by molar-refractivity contribution is 5.70. The fourth-order valence-corrected chi connectivity index (χ4v) is 3.44. The van der Waals surface area contributed by atoms with Gasteiger partial charge < -0.3 is 18.8 Å². The van der Waals surface area contributed by atoms with Gasteiger partial charge in [0.15, 0.2) is 11.5 Å². The second-order valence-electron chi connectivity index (χ2n) is 5.96. The van der Waals surface area contributed by atoms with Crippen LogP contribution in [0.4, 0.5) is 0 Å². The summed E-state index contributed by atoms with van der Waals surface area (Å²) in [6, 6.07) is 3.85. The number of hydrogen-bond donors (Lipinski definition) is 0. The van der Waals surface area contributed by atoms with Crippen LogP contribution in [-0.4, -0.2) is 23.5 Å². The Morgan fingerprint density at radius 1 is 1.23 bits per heavy atom. The van der Waals surface area contributed by atoms with Gasteiger partial charge in [-0.3, -0.25) is 0 Å². The molecular weight excluding hydrogens is 280 g/mol. The highest BCUT2D eigenvalue weighted by Crippen LogP contribution is 2.42. The summed E-state index contributed by atoms with van der Waals surface area (Å²) >= 11 is 0. The molecule has 0 atom stereocenters. The molecule has 1 aromatic carbocycles. The predicted molar refractivity (Wildman–Crippen MR) is 82.3 cm³/mol. The van der Waals surface area contributed by atoms with Crippen molar-refractivity contribution in [1.29, 1.82) is 0 Å². The molecule has 0 radical (unpaired) electrons. The van der Waals surface area contributed by atoms with Crippen LogP contribution in [-0.2, 0) is 6.54 Å². The lowest BCUT2D eigenvalue weighted by Gasteiger charge is -2.15. The average molecular weight is 300 g/mol. The molecule has 2 aliphatic rings. The molecule has 22 heavy (non-hydrogen) atoms. The molecule has 1 saturated carbocycles. The van der Waals surface area contributed by atoms with E-state index in [1.54, 1.807) is 7.11 Å². The van der Waals surface area contributed by atoms with E-state index in [-0.39, 0.29) is 6.79 Å². The fraction of sp³-hybridized carbons (Fsp3) is 0.471. The second kappa shape index (κ2) is 5.55. The van der Waals surface area contributed by atoms with E-state index < -0.39 is 0 Å². The molecule has 2 heterocycles. The number of rotatable bonds is 4. The molecule has 116 valence electrons. The van der Waals surface area contributed by atoms with Gasteiger partial charge >= 0.3 is 0 Å². The molecule has 5 nitrogen and oxygen atoms in total. The summed E-state index contributed by atoms with van der Waals surface area (Å²) in [7, 11) is 1.67. The summed E-state index contributed by atoms with van der Waals surface area (Å²) in [4.78, 5) is 4.55. The van der Waals surface area contributed by atoms with Crippen LogP contribution in [0, 0.1) is 5.92 Å². The summed E-state index contributed by atoms with van der Waals surface area (Å²) in [5.41, 5.74) is 0.953. The van der Waals surface area contributed by atoms with Gasteiger partial charge in [-0.25, -0.2) is 4.98 Å². The minimum atomic E-state index is 0.262. The zero-order valence-corrected chi connectivity index (χ0v) is 12.7. The van der Waals surface area contributed by atoms with Crippen molar-refractivity contribution in [2.24, 2.45) is 5.92 Å². The molecule has 1 aliphatic carbocycles. The largest absolute Gasteiger partial charge is 0.496 e. The lowest BCUT2D eigenvalue weighted by Crippen LogP contribution is -2.08. The minimum absolute atomic E-state index is 0.262. The minimum Gasteiger partial charge on any atom is -0.496 e. The number of imidazole rings is 1. The Hall–Kier alpha value is -2.17. The Labute approximate surface area is 129 Å². The van der Waals surface area contributed by atoms with Gasteiger partial charge in [0, 0.05) is 25.0 Å². The van der Waals surface area contributed by atoms with Crippen LogP contribution >= 0.6 is 0 Å². The Kier molecular flexibility index (Phi) is 3.41. The van der Waals surface area contributed by atoms with Crippen LogP contribution in [0.3, 0.4) is 0 Å². The molecule has 0 N–H and O–H groups in total. The van der Waals surface area contributed by atoms with Crippen LogP contribution < -0.4 is 14.2 Å². The highest BCUT2D eigenvalue weighted by Gasteiger charge is 2.22. The maximum absolute atomic E-state index is 5.53. The number of benzene rings is 1. The average Bonchev–Trinajstić information content (AvgIpc) is 3.27. The van der Waals surface area contributed by atoms with Gasteiger partial charge in [-0.05, 0) is 24.8 Å². The number of ether oxygens (including phenoxy) is 3. The van der Waals surface area contributed by atoms with Gasteiger partial charge in [-0.1, -0.05) is 12.8 Å². The number of methoxy groups -OCH3 is 1. The SMILES string of the molecule is COc1cc2c(cc1-c1nccn1CC1CCCC1)OCO2. The monoisotopic (exact) mass is 300 g/mol. The zero-order valence-electron chi connectivity index (χ0n) is 12.7. The van der Waals surface area contributed by atoms with Gasteiger partial charge in [-0.15, -0.1) is 0 Å². The quantitative estimate of drug-likeness (QED) is 0.867. The van der Waals surface area contributed by atoms with E-state index >= 15 is 0 Å².